The number of hydrogen-bond acceptors (Lipinski definition) is 5. The SMILES string of the molecule is C=C[C@@H](COC(c1ccccc1)(c1ccccc1)c1ccc(OC)cc1)O[C@H](C=C)n1ccc(=O)[nH]c1=O. The van der Waals surface area contributed by atoms with Crippen molar-refractivity contribution in [3.8, 4) is 5.75 Å². The van der Waals surface area contributed by atoms with E-state index in [0.29, 0.717) is 0 Å². The van der Waals surface area contributed by atoms with Gasteiger partial charge in [0, 0.05) is 12.3 Å². The first-order valence-corrected chi connectivity index (χ1v) is 12.1. The molecule has 2 atom stereocenters. The van der Waals surface area contributed by atoms with E-state index < -0.39 is 29.2 Å². The largest absolute Gasteiger partial charge is 0.497 e. The molecule has 194 valence electrons. The normalized spacial score (nSPS) is 12.9. The Kier molecular flexibility index (Phi) is 8.53. The maximum absolute atomic E-state index is 12.3. The highest BCUT2D eigenvalue weighted by Gasteiger charge is 2.38. The number of rotatable bonds is 12. The summed E-state index contributed by atoms with van der Waals surface area (Å²) in [4.78, 5) is 26.1. The molecule has 1 aromatic heterocycles. The molecule has 0 radical (unpaired) electrons. The molecule has 4 rings (SSSR count). The van der Waals surface area contributed by atoms with Gasteiger partial charge in [-0.1, -0.05) is 85.5 Å². The molecule has 1 heterocycles. The van der Waals surface area contributed by atoms with Crippen molar-refractivity contribution >= 4 is 0 Å². The van der Waals surface area contributed by atoms with E-state index in [1.165, 1.54) is 22.9 Å². The van der Waals surface area contributed by atoms with Gasteiger partial charge in [0.2, 0.25) is 0 Å². The van der Waals surface area contributed by atoms with Crippen LogP contribution < -0.4 is 16.0 Å². The number of aromatic amines is 1. The van der Waals surface area contributed by atoms with Crippen LogP contribution in [0.5, 0.6) is 5.75 Å². The molecule has 7 heteroatoms. The van der Waals surface area contributed by atoms with Gasteiger partial charge in [-0.15, -0.1) is 6.58 Å². The summed E-state index contributed by atoms with van der Waals surface area (Å²) in [6.45, 7) is 7.81. The van der Waals surface area contributed by atoms with Crippen molar-refractivity contribution in [1.29, 1.82) is 0 Å². The van der Waals surface area contributed by atoms with Crippen molar-refractivity contribution in [2.75, 3.05) is 13.7 Å². The highest BCUT2D eigenvalue weighted by molar-refractivity contribution is 5.48. The summed E-state index contributed by atoms with van der Waals surface area (Å²) in [5.41, 5.74) is 0.668. The van der Waals surface area contributed by atoms with Crippen molar-refractivity contribution < 1.29 is 14.2 Å². The summed E-state index contributed by atoms with van der Waals surface area (Å²) in [5.74, 6) is 0.733. The Morgan fingerprint density at radius 2 is 1.42 bits per heavy atom. The van der Waals surface area contributed by atoms with Crippen LogP contribution in [0.2, 0.25) is 0 Å². The number of nitrogens with one attached hydrogen (secondary N) is 1. The molecular formula is C31H30N2O5. The summed E-state index contributed by atoms with van der Waals surface area (Å²) in [6.07, 6.45) is 2.98. The molecule has 0 aliphatic heterocycles. The molecule has 7 nitrogen and oxygen atoms in total. The zero-order valence-corrected chi connectivity index (χ0v) is 21.2. The van der Waals surface area contributed by atoms with Crippen LogP contribution in [0, 0.1) is 0 Å². The first kappa shape index (κ1) is 26.6. The minimum atomic E-state index is -0.988. The number of benzene rings is 3. The third-order valence-corrected chi connectivity index (χ3v) is 6.23. The molecule has 0 bridgehead atoms. The zero-order chi connectivity index (χ0) is 27.0. The summed E-state index contributed by atoms with van der Waals surface area (Å²) in [6, 6.07) is 28.9. The van der Waals surface area contributed by atoms with Crippen LogP contribution >= 0.6 is 0 Å². The fourth-order valence-corrected chi connectivity index (χ4v) is 4.33. The minimum Gasteiger partial charge on any atom is -0.497 e. The third-order valence-electron chi connectivity index (χ3n) is 6.23. The lowest BCUT2D eigenvalue weighted by molar-refractivity contribution is -0.0790. The predicted octanol–water partition coefficient (Wildman–Crippen LogP) is 4.81. The highest BCUT2D eigenvalue weighted by Crippen LogP contribution is 2.41. The van der Waals surface area contributed by atoms with Gasteiger partial charge < -0.3 is 14.2 Å². The predicted molar refractivity (Wildman–Crippen MR) is 147 cm³/mol. The maximum Gasteiger partial charge on any atom is 0.330 e. The first-order chi connectivity index (χ1) is 18.5. The third kappa shape index (κ3) is 5.59. The van der Waals surface area contributed by atoms with Crippen LogP contribution in [0.3, 0.4) is 0 Å². The van der Waals surface area contributed by atoms with Gasteiger partial charge in [-0.05, 0) is 34.9 Å². The number of methoxy groups -OCH3 is 1. The van der Waals surface area contributed by atoms with E-state index >= 15 is 0 Å². The first-order valence-electron chi connectivity index (χ1n) is 12.1. The lowest BCUT2D eigenvalue weighted by Gasteiger charge is -2.37. The molecule has 0 unspecified atom stereocenters. The molecule has 0 fully saturated rings. The van der Waals surface area contributed by atoms with Crippen LogP contribution in [-0.2, 0) is 15.1 Å². The monoisotopic (exact) mass is 510 g/mol. The quantitative estimate of drug-likeness (QED) is 0.219. The maximum atomic E-state index is 12.3. The molecule has 3 aromatic carbocycles. The van der Waals surface area contributed by atoms with E-state index in [4.69, 9.17) is 14.2 Å². The van der Waals surface area contributed by atoms with E-state index in [1.54, 1.807) is 13.2 Å². The lowest BCUT2D eigenvalue weighted by atomic mass is 9.80. The molecule has 0 spiro atoms. The van der Waals surface area contributed by atoms with Gasteiger partial charge in [0.25, 0.3) is 5.56 Å². The summed E-state index contributed by atoms with van der Waals surface area (Å²) in [5, 5.41) is 0. The lowest BCUT2D eigenvalue weighted by Crippen LogP contribution is -2.37. The minimum absolute atomic E-state index is 0.0990. The second-order valence-corrected chi connectivity index (χ2v) is 8.51. The Bertz CT molecular complexity index is 1420. The van der Waals surface area contributed by atoms with E-state index in [9.17, 15) is 9.59 Å². The van der Waals surface area contributed by atoms with Crippen molar-refractivity contribution in [3.63, 3.8) is 0 Å². The second kappa shape index (κ2) is 12.2. The molecule has 0 saturated carbocycles. The standard InChI is InChI=1S/C31H30N2O5/c1-4-26(38-29(5-2)33-21-20-28(34)32-30(33)35)22-37-31(23-12-8-6-9-13-23,24-14-10-7-11-15-24)25-16-18-27(36-3)19-17-25/h4-21,26,29H,1-2,22H2,3H3,(H,32,34,35)/t26-,29+/m0/s1. The van der Waals surface area contributed by atoms with Crippen LogP contribution in [0.15, 0.2) is 132 Å². The fourth-order valence-electron chi connectivity index (χ4n) is 4.33. The number of H-pyrrole nitrogens is 1. The van der Waals surface area contributed by atoms with Crippen LogP contribution in [-0.4, -0.2) is 29.4 Å². The second-order valence-electron chi connectivity index (χ2n) is 8.51. The molecule has 0 amide bonds. The van der Waals surface area contributed by atoms with E-state index in [1.807, 2.05) is 84.9 Å². The molecular weight excluding hydrogens is 480 g/mol. The topological polar surface area (TPSA) is 82.6 Å². The van der Waals surface area contributed by atoms with Crippen LogP contribution in [0.1, 0.15) is 22.9 Å². The number of ether oxygens (including phenoxy) is 3. The van der Waals surface area contributed by atoms with Crippen LogP contribution in [0.4, 0.5) is 0 Å². The number of hydrogen-bond donors (Lipinski definition) is 1. The van der Waals surface area contributed by atoms with Crippen molar-refractivity contribution in [1.82, 2.24) is 9.55 Å². The molecule has 0 saturated heterocycles. The van der Waals surface area contributed by atoms with Gasteiger partial charge in [0.1, 0.15) is 17.5 Å². The Balaban J connectivity index is 1.74. The van der Waals surface area contributed by atoms with Gasteiger partial charge in [-0.2, -0.15) is 0 Å². The molecule has 0 aliphatic rings. The summed E-state index contributed by atoms with van der Waals surface area (Å²) >= 11 is 0. The number of aromatic nitrogens is 2. The average Bonchev–Trinajstić information content (AvgIpc) is 2.97. The number of nitrogens with zero attached hydrogens (tertiary/aromatic N) is 1. The van der Waals surface area contributed by atoms with E-state index in [-0.39, 0.29) is 6.61 Å². The van der Waals surface area contributed by atoms with Gasteiger partial charge >= 0.3 is 5.69 Å². The van der Waals surface area contributed by atoms with Crippen LogP contribution in [0.25, 0.3) is 0 Å². The Hall–Kier alpha value is -4.46. The van der Waals surface area contributed by atoms with Gasteiger partial charge in [0.15, 0.2) is 6.23 Å². The van der Waals surface area contributed by atoms with Gasteiger partial charge in [-0.3, -0.25) is 14.3 Å². The van der Waals surface area contributed by atoms with E-state index in [0.717, 1.165) is 22.4 Å². The van der Waals surface area contributed by atoms with Gasteiger partial charge in [0.05, 0.1) is 13.7 Å². The molecule has 0 aliphatic carbocycles. The zero-order valence-electron chi connectivity index (χ0n) is 21.2. The molecule has 1 N–H and O–H groups in total. The smallest absolute Gasteiger partial charge is 0.330 e. The Labute approximate surface area is 221 Å². The van der Waals surface area contributed by atoms with Crippen molar-refractivity contribution in [2.45, 2.75) is 17.9 Å². The van der Waals surface area contributed by atoms with Crippen molar-refractivity contribution in [2.24, 2.45) is 0 Å². The summed E-state index contributed by atoms with van der Waals surface area (Å²) < 4.78 is 19.6. The average molecular weight is 511 g/mol. The Morgan fingerprint density at radius 1 is 0.842 bits per heavy atom. The van der Waals surface area contributed by atoms with Crippen molar-refractivity contribution in [3.05, 3.63) is 160 Å². The summed E-state index contributed by atoms with van der Waals surface area (Å²) in [7, 11) is 1.63. The molecule has 4 aromatic rings. The molecule has 38 heavy (non-hydrogen) atoms. The fraction of sp³-hybridized carbons (Fsp3) is 0.161. The Morgan fingerprint density at radius 3 is 1.92 bits per heavy atom. The highest BCUT2D eigenvalue weighted by atomic mass is 16.6. The van der Waals surface area contributed by atoms with E-state index in [2.05, 4.69) is 18.1 Å². The van der Waals surface area contributed by atoms with Gasteiger partial charge in [-0.25, -0.2) is 4.79 Å².